The van der Waals surface area contributed by atoms with Crippen LogP contribution in [-0.2, 0) is 20.7 Å². The zero-order valence-electron chi connectivity index (χ0n) is 25.8. The molecule has 0 aliphatic heterocycles. The van der Waals surface area contributed by atoms with Gasteiger partial charge in [0, 0.05) is 43.8 Å². The van der Waals surface area contributed by atoms with Gasteiger partial charge in [0.05, 0.1) is 0 Å². The number of thiazole rings is 1. The molecule has 0 saturated carbocycles. The van der Waals surface area contributed by atoms with Crippen molar-refractivity contribution >= 4 is 29.1 Å². The Labute approximate surface area is 245 Å². The van der Waals surface area contributed by atoms with E-state index in [9.17, 15) is 14.4 Å². The number of nitrogens with one attached hydrogen (secondary N) is 1. The Kier molecular flexibility index (Phi) is 13.3. The molecule has 0 saturated heterocycles. The van der Waals surface area contributed by atoms with E-state index >= 15 is 0 Å². The van der Waals surface area contributed by atoms with Crippen LogP contribution in [0.2, 0.25) is 0 Å². The van der Waals surface area contributed by atoms with Crippen molar-refractivity contribution in [3.8, 4) is 0 Å². The van der Waals surface area contributed by atoms with E-state index in [2.05, 4.69) is 64.0 Å². The summed E-state index contributed by atoms with van der Waals surface area (Å²) >= 11 is 1.31. The van der Waals surface area contributed by atoms with Crippen LogP contribution < -0.4 is 5.32 Å². The number of rotatable bonds is 15. The summed E-state index contributed by atoms with van der Waals surface area (Å²) in [6, 6.07) is 9.95. The van der Waals surface area contributed by atoms with Crippen molar-refractivity contribution in [2.75, 3.05) is 7.05 Å². The van der Waals surface area contributed by atoms with E-state index in [0.717, 1.165) is 19.3 Å². The largest absolute Gasteiger partial charge is 0.455 e. The molecule has 1 aromatic carbocycles. The molecule has 2 unspecified atom stereocenters. The smallest absolute Gasteiger partial charge is 0.303 e. The SMILES string of the molecule is CCC(C)[C@H](C)C(=O)N(C)[C@H](CC(OC(C)=O)c1nc(C(=O)N[C@@H](Cc2ccccc2)CC(C)C)cs1)C(C)C. The Bertz CT molecular complexity index is 1080. The molecular formula is C32H49N3O4S. The molecule has 7 nitrogen and oxygen atoms in total. The molecule has 1 heterocycles. The van der Waals surface area contributed by atoms with Crippen LogP contribution in [0.5, 0.6) is 0 Å². The fraction of sp³-hybridized carbons (Fsp3) is 0.625. The van der Waals surface area contributed by atoms with E-state index in [1.807, 2.05) is 32.2 Å². The molecule has 0 aliphatic rings. The lowest BCUT2D eigenvalue weighted by molar-refractivity contribution is -0.149. The molecule has 5 atom stereocenters. The molecule has 2 amide bonds. The Morgan fingerprint density at radius 2 is 1.68 bits per heavy atom. The summed E-state index contributed by atoms with van der Waals surface area (Å²) in [5.74, 6) is 0.152. The zero-order valence-corrected chi connectivity index (χ0v) is 26.6. The Morgan fingerprint density at radius 1 is 1.02 bits per heavy atom. The number of carbonyl (C=O) groups is 3. The summed E-state index contributed by atoms with van der Waals surface area (Å²) in [5, 5.41) is 5.45. The first kappa shape index (κ1) is 33.5. The first-order chi connectivity index (χ1) is 18.8. The van der Waals surface area contributed by atoms with Gasteiger partial charge in [-0.15, -0.1) is 11.3 Å². The van der Waals surface area contributed by atoms with Crippen LogP contribution in [0.25, 0.3) is 0 Å². The average Bonchev–Trinajstić information content (AvgIpc) is 3.39. The Morgan fingerprint density at radius 3 is 2.23 bits per heavy atom. The summed E-state index contributed by atoms with van der Waals surface area (Å²) in [4.78, 5) is 45.0. The van der Waals surface area contributed by atoms with Gasteiger partial charge in [-0.2, -0.15) is 0 Å². The standard InChI is InChI=1S/C32H49N3O4S/c1-10-22(6)23(7)32(38)35(9)28(21(4)5)18-29(39-24(8)36)31-34-27(19-40-31)30(37)33-26(16-20(2)3)17-25-14-12-11-13-15-25/h11-15,19-23,26,28-29H,10,16-18H2,1-9H3,(H,33,37)/t22?,23-,26+,28+,29?/m0/s1. The second-order valence-electron chi connectivity index (χ2n) is 11.8. The lowest BCUT2D eigenvalue weighted by Gasteiger charge is -2.36. The molecule has 0 radical (unpaired) electrons. The lowest BCUT2D eigenvalue weighted by atomic mass is 9.90. The van der Waals surface area contributed by atoms with Crippen molar-refractivity contribution in [1.82, 2.24) is 15.2 Å². The van der Waals surface area contributed by atoms with Crippen molar-refractivity contribution in [2.45, 2.75) is 99.3 Å². The van der Waals surface area contributed by atoms with Crippen molar-refractivity contribution in [2.24, 2.45) is 23.7 Å². The topological polar surface area (TPSA) is 88.6 Å². The van der Waals surface area contributed by atoms with Crippen LogP contribution >= 0.6 is 11.3 Å². The second-order valence-corrected chi connectivity index (χ2v) is 12.7. The summed E-state index contributed by atoms with van der Waals surface area (Å²) < 4.78 is 5.72. The third-order valence-electron chi connectivity index (χ3n) is 7.71. The predicted molar refractivity (Wildman–Crippen MR) is 162 cm³/mol. The predicted octanol–water partition coefficient (Wildman–Crippen LogP) is 6.69. The van der Waals surface area contributed by atoms with Crippen molar-refractivity contribution in [1.29, 1.82) is 0 Å². The molecule has 1 N–H and O–H groups in total. The molecule has 40 heavy (non-hydrogen) atoms. The fourth-order valence-corrected chi connectivity index (χ4v) is 5.88. The minimum absolute atomic E-state index is 0.0261. The van der Waals surface area contributed by atoms with E-state index in [-0.39, 0.29) is 41.7 Å². The van der Waals surface area contributed by atoms with E-state index in [4.69, 9.17) is 4.74 Å². The summed E-state index contributed by atoms with van der Waals surface area (Å²) in [6.07, 6.45) is 2.27. The first-order valence-corrected chi connectivity index (χ1v) is 15.5. The van der Waals surface area contributed by atoms with Crippen LogP contribution in [0, 0.1) is 23.7 Å². The number of nitrogens with zero attached hydrogens (tertiary/aromatic N) is 2. The van der Waals surface area contributed by atoms with Crippen LogP contribution in [-0.4, -0.2) is 46.8 Å². The van der Waals surface area contributed by atoms with Gasteiger partial charge in [-0.05, 0) is 36.2 Å². The van der Waals surface area contributed by atoms with Crippen LogP contribution in [0.15, 0.2) is 35.7 Å². The first-order valence-electron chi connectivity index (χ1n) is 14.6. The van der Waals surface area contributed by atoms with Gasteiger partial charge in [0.25, 0.3) is 5.91 Å². The zero-order chi connectivity index (χ0) is 30.0. The van der Waals surface area contributed by atoms with Gasteiger partial charge in [0.2, 0.25) is 5.91 Å². The van der Waals surface area contributed by atoms with Gasteiger partial charge in [-0.3, -0.25) is 14.4 Å². The number of esters is 1. The molecule has 0 fully saturated rings. The molecule has 8 heteroatoms. The normalized spacial score (nSPS) is 15.3. The quantitative estimate of drug-likeness (QED) is 0.241. The molecule has 0 aliphatic carbocycles. The maximum Gasteiger partial charge on any atom is 0.303 e. The number of amides is 2. The summed E-state index contributed by atoms with van der Waals surface area (Å²) in [5.41, 5.74) is 1.48. The molecule has 1 aromatic heterocycles. The minimum Gasteiger partial charge on any atom is -0.455 e. The highest BCUT2D eigenvalue weighted by atomic mass is 32.1. The maximum atomic E-state index is 13.3. The van der Waals surface area contributed by atoms with Gasteiger partial charge in [-0.25, -0.2) is 4.98 Å². The number of hydrogen-bond acceptors (Lipinski definition) is 6. The van der Waals surface area contributed by atoms with Gasteiger partial charge in [-0.1, -0.05) is 85.2 Å². The molecular weight excluding hydrogens is 522 g/mol. The second kappa shape index (κ2) is 15.9. The number of carbonyl (C=O) groups excluding carboxylic acids is 3. The minimum atomic E-state index is -0.651. The molecule has 2 aromatic rings. The Balaban J connectivity index is 2.23. The number of aromatic nitrogens is 1. The fourth-order valence-electron chi connectivity index (χ4n) is 5.04. The highest BCUT2D eigenvalue weighted by Crippen LogP contribution is 2.31. The summed E-state index contributed by atoms with van der Waals surface area (Å²) in [6.45, 7) is 16.0. The molecule has 2 rings (SSSR count). The molecule has 222 valence electrons. The molecule has 0 spiro atoms. The number of benzene rings is 1. The van der Waals surface area contributed by atoms with Gasteiger partial charge >= 0.3 is 5.97 Å². The maximum absolute atomic E-state index is 13.3. The lowest BCUT2D eigenvalue weighted by Crippen LogP contribution is -2.45. The molecule has 0 bridgehead atoms. The Hall–Kier alpha value is -2.74. The third kappa shape index (κ3) is 10.0. The van der Waals surface area contributed by atoms with E-state index in [0.29, 0.717) is 23.0 Å². The van der Waals surface area contributed by atoms with Gasteiger partial charge in [0.15, 0.2) is 6.10 Å². The highest BCUT2D eigenvalue weighted by Gasteiger charge is 2.33. The highest BCUT2D eigenvalue weighted by molar-refractivity contribution is 7.09. The monoisotopic (exact) mass is 571 g/mol. The van der Waals surface area contributed by atoms with E-state index in [1.54, 1.807) is 10.3 Å². The average molecular weight is 572 g/mol. The van der Waals surface area contributed by atoms with E-state index in [1.165, 1.54) is 23.8 Å². The third-order valence-corrected chi connectivity index (χ3v) is 8.65. The van der Waals surface area contributed by atoms with Crippen LogP contribution in [0.4, 0.5) is 0 Å². The van der Waals surface area contributed by atoms with E-state index < -0.39 is 12.1 Å². The van der Waals surface area contributed by atoms with Crippen molar-refractivity contribution < 1.29 is 19.1 Å². The van der Waals surface area contributed by atoms with Crippen molar-refractivity contribution in [3.05, 3.63) is 52.0 Å². The summed E-state index contributed by atoms with van der Waals surface area (Å²) in [7, 11) is 1.83. The van der Waals surface area contributed by atoms with Gasteiger partial charge in [0.1, 0.15) is 10.7 Å². The number of hydrogen-bond donors (Lipinski definition) is 1. The van der Waals surface area contributed by atoms with Crippen LogP contribution in [0.3, 0.4) is 0 Å². The van der Waals surface area contributed by atoms with Crippen LogP contribution in [0.1, 0.15) is 102 Å². The number of ether oxygens (including phenoxy) is 1. The van der Waals surface area contributed by atoms with Gasteiger partial charge < -0.3 is 15.0 Å². The van der Waals surface area contributed by atoms with Crippen molar-refractivity contribution in [3.63, 3.8) is 0 Å².